The molecule has 1 aliphatic heterocycles. The molecular formula is C9H11N3O3S. The fourth-order valence-electron chi connectivity index (χ4n) is 1.33. The number of hydrogen-bond acceptors (Lipinski definition) is 5. The van der Waals surface area contributed by atoms with Crippen LogP contribution in [0.3, 0.4) is 0 Å². The van der Waals surface area contributed by atoms with Crippen molar-refractivity contribution >= 4 is 28.5 Å². The van der Waals surface area contributed by atoms with E-state index < -0.39 is 0 Å². The summed E-state index contributed by atoms with van der Waals surface area (Å²) in [6.07, 6.45) is 1.54. The number of rotatable bonds is 4. The lowest BCUT2D eigenvalue weighted by molar-refractivity contribution is -0.116. The molecular weight excluding hydrogens is 230 g/mol. The van der Waals surface area contributed by atoms with Gasteiger partial charge in [-0.15, -0.1) is 11.3 Å². The summed E-state index contributed by atoms with van der Waals surface area (Å²) in [5.41, 5.74) is 0. The molecule has 0 aliphatic carbocycles. The van der Waals surface area contributed by atoms with E-state index in [-0.39, 0.29) is 18.4 Å². The monoisotopic (exact) mass is 241 g/mol. The van der Waals surface area contributed by atoms with Crippen LogP contribution in [0.1, 0.15) is 6.42 Å². The molecule has 0 spiro atoms. The van der Waals surface area contributed by atoms with Gasteiger partial charge in [-0.3, -0.25) is 4.79 Å². The van der Waals surface area contributed by atoms with Gasteiger partial charge in [-0.05, 0) is 0 Å². The zero-order chi connectivity index (χ0) is 11.4. The number of aromatic nitrogens is 1. The van der Waals surface area contributed by atoms with Crippen molar-refractivity contribution in [1.29, 1.82) is 0 Å². The van der Waals surface area contributed by atoms with Gasteiger partial charge in [0.1, 0.15) is 6.61 Å². The second kappa shape index (κ2) is 4.93. The highest BCUT2D eigenvalue weighted by Gasteiger charge is 2.22. The molecule has 2 rings (SSSR count). The van der Waals surface area contributed by atoms with Crippen LogP contribution in [0.25, 0.3) is 0 Å². The lowest BCUT2D eigenvalue weighted by atomic mass is 10.4. The molecule has 6 nitrogen and oxygen atoms in total. The number of nitrogens with one attached hydrogen (secondary N) is 1. The number of carbonyl (C=O) groups is 2. The first-order valence-electron chi connectivity index (χ1n) is 4.87. The lowest BCUT2D eigenvalue weighted by Crippen LogP contribution is -2.28. The SMILES string of the molecule is O=C(CCN1CCOC1=O)Nc1nccs1. The van der Waals surface area contributed by atoms with Gasteiger partial charge < -0.3 is 15.0 Å². The van der Waals surface area contributed by atoms with Gasteiger partial charge in [0.15, 0.2) is 5.13 Å². The Morgan fingerprint density at radius 3 is 3.19 bits per heavy atom. The first kappa shape index (κ1) is 10.9. The van der Waals surface area contributed by atoms with Crippen LogP contribution in [-0.4, -0.2) is 41.6 Å². The summed E-state index contributed by atoms with van der Waals surface area (Å²) in [7, 11) is 0. The molecule has 0 aromatic carbocycles. The third-order valence-electron chi connectivity index (χ3n) is 2.13. The van der Waals surface area contributed by atoms with Crippen LogP contribution in [0.15, 0.2) is 11.6 Å². The van der Waals surface area contributed by atoms with E-state index in [0.29, 0.717) is 24.8 Å². The minimum Gasteiger partial charge on any atom is -0.448 e. The average Bonchev–Trinajstić information content (AvgIpc) is 2.87. The van der Waals surface area contributed by atoms with Crippen molar-refractivity contribution in [3.05, 3.63) is 11.6 Å². The van der Waals surface area contributed by atoms with Crippen molar-refractivity contribution < 1.29 is 14.3 Å². The minimum absolute atomic E-state index is 0.144. The Hall–Kier alpha value is -1.63. The van der Waals surface area contributed by atoms with Crippen LogP contribution in [0.4, 0.5) is 9.93 Å². The number of amides is 2. The largest absolute Gasteiger partial charge is 0.448 e. The Kier molecular flexibility index (Phi) is 3.35. The molecule has 7 heteroatoms. The van der Waals surface area contributed by atoms with Crippen LogP contribution < -0.4 is 5.32 Å². The number of anilines is 1. The molecule has 1 fully saturated rings. The van der Waals surface area contributed by atoms with Crippen molar-refractivity contribution in [2.45, 2.75) is 6.42 Å². The molecule has 0 atom stereocenters. The minimum atomic E-state index is -0.345. The molecule has 86 valence electrons. The highest BCUT2D eigenvalue weighted by atomic mass is 32.1. The molecule has 2 amide bonds. The maximum atomic E-state index is 11.5. The molecule has 0 saturated carbocycles. The third kappa shape index (κ3) is 2.69. The third-order valence-corrected chi connectivity index (χ3v) is 2.82. The van der Waals surface area contributed by atoms with Gasteiger partial charge in [0.2, 0.25) is 5.91 Å². The number of hydrogen-bond donors (Lipinski definition) is 1. The summed E-state index contributed by atoms with van der Waals surface area (Å²) >= 11 is 1.36. The van der Waals surface area contributed by atoms with Crippen molar-refractivity contribution in [2.75, 3.05) is 25.0 Å². The van der Waals surface area contributed by atoms with E-state index in [9.17, 15) is 9.59 Å². The average molecular weight is 241 g/mol. The van der Waals surface area contributed by atoms with E-state index in [1.165, 1.54) is 16.2 Å². The zero-order valence-corrected chi connectivity index (χ0v) is 9.33. The van der Waals surface area contributed by atoms with Crippen molar-refractivity contribution in [3.8, 4) is 0 Å². The number of thiazole rings is 1. The predicted molar refractivity (Wildman–Crippen MR) is 58.3 cm³/mol. The molecule has 1 aromatic heterocycles. The molecule has 1 aliphatic rings. The molecule has 16 heavy (non-hydrogen) atoms. The van der Waals surface area contributed by atoms with Crippen molar-refractivity contribution in [2.24, 2.45) is 0 Å². The lowest BCUT2D eigenvalue weighted by Gasteiger charge is -2.11. The second-order valence-corrected chi connectivity index (χ2v) is 4.13. The van der Waals surface area contributed by atoms with Crippen LogP contribution in [-0.2, 0) is 9.53 Å². The summed E-state index contributed by atoms with van der Waals surface area (Å²) in [6, 6.07) is 0. The smallest absolute Gasteiger partial charge is 0.409 e. The van der Waals surface area contributed by atoms with E-state index in [1.54, 1.807) is 11.6 Å². The van der Waals surface area contributed by atoms with Crippen LogP contribution >= 0.6 is 11.3 Å². The quantitative estimate of drug-likeness (QED) is 0.851. The second-order valence-electron chi connectivity index (χ2n) is 3.24. The highest BCUT2D eigenvalue weighted by Crippen LogP contribution is 2.11. The summed E-state index contributed by atoms with van der Waals surface area (Å²) in [6.45, 7) is 1.35. The summed E-state index contributed by atoms with van der Waals surface area (Å²) in [4.78, 5) is 28.0. The van der Waals surface area contributed by atoms with Crippen LogP contribution in [0.5, 0.6) is 0 Å². The normalized spacial score (nSPS) is 15.0. The van der Waals surface area contributed by atoms with Gasteiger partial charge in [-0.25, -0.2) is 9.78 Å². The topological polar surface area (TPSA) is 71.5 Å². The number of cyclic esters (lactones) is 1. The molecule has 1 aromatic rings. The standard InChI is InChI=1S/C9H11N3O3S/c13-7(11-8-10-2-6-16-8)1-3-12-4-5-15-9(12)14/h2,6H,1,3-5H2,(H,10,11,13). The highest BCUT2D eigenvalue weighted by molar-refractivity contribution is 7.13. The van der Waals surface area contributed by atoms with Crippen molar-refractivity contribution in [3.63, 3.8) is 0 Å². The van der Waals surface area contributed by atoms with E-state index >= 15 is 0 Å². The van der Waals surface area contributed by atoms with Gasteiger partial charge in [-0.2, -0.15) is 0 Å². The zero-order valence-electron chi connectivity index (χ0n) is 8.51. The van der Waals surface area contributed by atoms with Crippen LogP contribution in [0, 0.1) is 0 Å². The number of nitrogens with zero attached hydrogens (tertiary/aromatic N) is 2. The molecule has 0 unspecified atom stereocenters. The Bertz CT molecular complexity index is 379. The summed E-state index contributed by atoms with van der Waals surface area (Å²) in [5, 5.41) is 5.01. The van der Waals surface area contributed by atoms with Crippen molar-refractivity contribution in [1.82, 2.24) is 9.88 Å². The Balaban J connectivity index is 1.73. The summed E-state index contributed by atoms with van der Waals surface area (Å²) in [5.74, 6) is -0.144. The Morgan fingerprint density at radius 2 is 2.56 bits per heavy atom. The Morgan fingerprint density at radius 1 is 1.69 bits per heavy atom. The summed E-state index contributed by atoms with van der Waals surface area (Å²) < 4.78 is 4.75. The molecule has 1 saturated heterocycles. The molecule has 0 radical (unpaired) electrons. The van der Waals surface area contributed by atoms with E-state index in [4.69, 9.17) is 4.74 Å². The maximum Gasteiger partial charge on any atom is 0.409 e. The number of carbonyl (C=O) groups excluding carboxylic acids is 2. The molecule has 2 heterocycles. The fourth-order valence-corrected chi connectivity index (χ4v) is 1.88. The fraction of sp³-hybridized carbons (Fsp3) is 0.444. The van der Waals surface area contributed by atoms with Gasteiger partial charge >= 0.3 is 6.09 Å². The molecule has 0 bridgehead atoms. The van der Waals surface area contributed by atoms with E-state index in [0.717, 1.165) is 0 Å². The van der Waals surface area contributed by atoms with E-state index in [2.05, 4.69) is 10.3 Å². The van der Waals surface area contributed by atoms with Gasteiger partial charge in [-0.1, -0.05) is 0 Å². The van der Waals surface area contributed by atoms with E-state index in [1.807, 2.05) is 0 Å². The first-order chi connectivity index (χ1) is 7.75. The van der Waals surface area contributed by atoms with Gasteiger partial charge in [0, 0.05) is 24.5 Å². The van der Waals surface area contributed by atoms with Crippen LogP contribution in [0.2, 0.25) is 0 Å². The maximum absolute atomic E-state index is 11.5. The number of ether oxygens (including phenoxy) is 1. The predicted octanol–water partition coefficient (Wildman–Crippen LogP) is 0.924. The van der Waals surface area contributed by atoms with Gasteiger partial charge in [0.05, 0.1) is 6.54 Å². The molecule has 1 N–H and O–H groups in total. The Labute approximate surface area is 96.2 Å². The first-order valence-corrected chi connectivity index (χ1v) is 5.75. The van der Waals surface area contributed by atoms with Gasteiger partial charge in [0.25, 0.3) is 0 Å².